The lowest BCUT2D eigenvalue weighted by atomic mass is 9.99. The van der Waals surface area contributed by atoms with E-state index in [2.05, 4.69) is 13.8 Å². The Kier molecular flexibility index (Phi) is 4.76. The van der Waals surface area contributed by atoms with Crippen LogP contribution in [0.2, 0.25) is 4.34 Å². The average molecular weight is 364 g/mol. The van der Waals surface area contributed by atoms with Crippen molar-refractivity contribution >= 4 is 40.3 Å². The number of carbonyl (C=O) groups is 2. The van der Waals surface area contributed by atoms with Crippen LogP contribution in [0.15, 0.2) is 30.3 Å². The lowest BCUT2D eigenvalue weighted by Crippen LogP contribution is -3.09. The number of Topliss-reactive ketones (excluding diaryl/α,β-unsaturated/α-hetero) is 1. The fourth-order valence-electron chi connectivity index (χ4n) is 2.90. The molecule has 1 aliphatic rings. The van der Waals surface area contributed by atoms with E-state index in [0.717, 1.165) is 31.9 Å². The van der Waals surface area contributed by atoms with Crippen LogP contribution in [0.25, 0.3) is 0 Å². The number of carbonyl (C=O) groups excluding carboxylic acids is 2. The van der Waals surface area contributed by atoms with E-state index in [0.29, 0.717) is 18.2 Å². The Balaban J connectivity index is 1.79. The molecule has 0 spiro atoms. The Bertz CT molecular complexity index is 800. The first-order valence-corrected chi connectivity index (χ1v) is 9.12. The summed E-state index contributed by atoms with van der Waals surface area (Å²) in [5, 5.41) is 0. The topological polar surface area (TPSA) is 41.8 Å². The normalized spacial score (nSPS) is 15.3. The van der Waals surface area contributed by atoms with E-state index in [4.69, 9.17) is 11.6 Å². The summed E-state index contributed by atoms with van der Waals surface area (Å²) in [6.07, 6.45) is 0. The van der Waals surface area contributed by atoms with Gasteiger partial charge in [0, 0.05) is 0 Å². The zero-order valence-corrected chi connectivity index (χ0v) is 15.5. The number of quaternary nitrogens is 1. The number of amides is 1. The van der Waals surface area contributed by atoms with Crippen LogP contribution in [0.1, 0.15) is 40.6 Å². The fraction of sp³-hybridized carbons (Fsp3) is 0.333. The summed E-state index contributed by atoms with van der Waals surface area (Å²) >= 11 is 7.50. The number of fused-ring (bicyclic) bond motifs is 1. The van der Waals surface area contributed by atoms with Gasteiger partial charge in [-0.15, -0.1) is 11.3 Å². The van der Waals surface area contributed by atoms with Gasteiger partial charge in [-0.05, 0) is 35.7 Å². The quantitative estimate of drug-likeness (QED) is 0.830. The Morgan fingerprint density at radius 3 is 2.58 bits per heavy atom. The number of nitrogens with zero attached hydrogens (tertiary/aromatic N) is 1. The molecule has 24 heavy (non-hydrogen) atoms. The number of nitrogens with one attached hydrogen (secondary N) is 1. The molecule has 0 radical (unpaired) electrons. The minimum Gasteiger partial charge on any atom is -0.315 e. The summed E-state index contributed by atoms with van der Waals surface area (Å²) in [5.74, 6) is -0.516. The first-order chi connectivity index (χ1) is 11.4. The number of benzene rings is 1. The van der Waals surface area contributed by atoms with Gasteiger partial charge < -0.3 is 4.90 Å². The molecule has 126 valence electrons. The SMILES string of the molecule is CC(C)c1ccc2c(c1)C(=O)C(=O)N2C[NH+](C)Cc1ccc(Cl)s1. The molecular formula is C18H20ClN2O2S+. The van der Waals surface area contributed by atoms with E-state index in [1.54, 1.807) is 16.2 Å². The molecule has 1 amide bonds. The van der Waals surface area contributed by atoms with Crippen LogP contribution in [0.4, 0.5) is 5.69 Å². The van der Waals surface area contributed by atoms with Gasteiger partial charge in [0.05, 0.1) is 27.5 Å². The van der Waals surface area contributed by atoms with Crippen molar-refractivity contribution in [3.63, 3.8) is 0 Å². The van der Waals surface area contributed by atoms with E-state index < -0.39 is 11.7 Å². The van der Waals surface area contributed by atoms with Crippen LogP contribution in [0.3, 0.4) is 0 Å². The van der Waals surface area contributed by atoms with Crippen LogP contribution in [0.5, 0.6) is 0 Å². The molecule has 1 aromatic carbocycles. The summed E-state index contributed by atoms with van der Waals surface area (Å²) in [6, 6.07) is 9.62. The number of thiophene rings is 1. The maximum atomic E-state index is 12.4. The maximum absolute atomic E-state index is 12.4. The number of ketones is 1. The molecule has 0 saturated carbocycles. The van der Waals surface area contributed by atoms with E-state index in [-0.39, 0.29) is 0 Å². The Morgan fingerprint density at radius 1 is 1.21 bits per heavy atom. The molecule has 1 N–H and O–H groups in total. The first kappa shape index (κ1) is 17.1. The van der Waals surface area contributed by atoms with Crippen molar-refractivity contribution in [3.8, 4) is 0 Å². The van der Waals surface area contributed by atoms with Gasteiger partial charge >= 0.3 is 5.91 Å². The number of hydrogen-bond donors (Lipinski definition) is 1. The monoisotopic (exact) mass is 363 g/mol. The number of anilines is 1. The molecule has 1 aromatic heterocycles. The largest absolute Gasteiger partial charge is 0.315 e. The van der Waals surface area contributed by atoms with E-state index in [1.165, 1.54) is 0 Å². The van der Waals surface area contributed by atoms with Crippen molar-refractivity contribution in [3.05, 3.63) is 50.7 Å². The smallest absolute Gasteiger partial charge is 0.303 e. The predicted molar refractivity (Wildman–Crippen MR) is 97.1 cm³/mol. The van der Waals surface area contributed by atoms with Crippen LogP contribution < -0.4 is 9.80 Å². The highest BCUT2D eigenvalue weighted by atomic mass is 35.5. The molecular weight excluding hydrogens is 344 g/mol. The van der Waals surface area contributed by atoms with E-state index in [9.17, 15) is 9.59 Å². The van der Waals surface area contributed by atoms with Crippen molar-refractivity contribution in [1.29, 1.82) is 0 Å². The highest BCUT2D eigenvalue weighted by molar-refractivity contribution is 7.16. The van der Waals surface area contributed by atoms with Gasteiger partial charge in [0.25, 0.3) is 5.78 Å². The average Bonchev–Trinajstić information content (AvgIpc) is 3.04. The summed E-state index contributed by atoms with van der Waals surface area (Å²) in [7, 11) is 2.01. The molecule has 1 atom stereocenters. The zero-order valence-electron chi connectivity index (χ0n) is 13.9. The number of hydrogen-bond acceptors (Lipinski definition) is 3. The molecule has 0 bridgehead atoms. The molecule has 4 nitrogen and oxygen atoms in total. The molecule has 6 heteroatoms. The maximum Gasteiger partial charge on any atom is 0.303 e. The second kappa shape index (κ2) is 6.67. The predicted octanol–water partition coefficient (Wildman–Crippen LogP) is 2.73. The lowest BCUT2D eigenvalue weighted by molar-refractivity contribution is -0.892. The minimum absolute atomic E-state index is 0.323. The van der Waals surface area contributed by atoms with Crippen LogP contribution in [-0.2, 0) is 11.3 Å². The third kappa shape index (κ3) is 3.24. The second-order valence-electron chi connectivity index (χ2n) is 6.49. The van der Waals surface area contributed by atoms with Gasteiger partial charge in [-0.3, -0.25) is 14.5 Å². The standard InChI is InChI=1S/C18H19ClN2O2S/c1-11(2)12-4-6-15-14(8-12)17(22)18(23)21(15)10-20(3)9-13-5-7-16(19)24-13/h4-8,11H,9-10H2,1-3H3/p+1. The van der Waals surface area contributed by atoms with Crippen molar-refractivity contribution in [2.75, 3.05) is 18.6 Å². The Morgan fingerprint density at radius 2 is 1.96 bits per heavy atom. The van der Waals surface area contributed by atoms with Crippen LogP contribution >= 0.6 is 22.9 Å². The summed E-state index contributed by atoms with van der Waals surface area (Å²) in [5.41, 5.74) is 2.32. The second-order valence-corrected chi connectivity index (χ2v) is 8.29. The van der Waals surface area contributed by atoms with Gasteiger partial charge in [0.2, 0.25) is 0 Å². The van der Waals surface area contributed by atoms with Gasteiger partial charge in [-0.25, -0.2) is 0 Å². The number of rotatable bonds is 5. The first-order valence-electron chi connectivity index (χ1n) is 7.92. The summed E-state index contributed by atoms with van der Waals surface area (Å²) < 4.78 is 0.761. The van der Waals surface area contributed by atoms with Crippen molar-refractivity contribution in [2.24, 2.45) is 0 Å². The zero-order chi connectivity index (χ0) is 17.4. The highest BCUT2D eigenvalue weighted by Crippen LogP contribution is 2.31. The van der Waals surface area contributed by atoms with Crippen LogP contribution in [-0.4, -0.2) is 25.4 Å². The highest BCUT2D eigenvalue weighted by Gasteiger charge is 2.37. The van der Waals surface area contributed by atoms with Gasteiger partial charge in [-0.1, -0.05) is 31.5 Å². The Labute approximate surface area is 150 Å². The van der Waals surface area contributed by atoms with Gasteiger partial charge in [-0.2, -0.15) is 0 Å². The minimum atomic E-state index is -0.436. The molecule has 0 aliphatic carbocycles. The van der Waals surface area contributed by atoms with Crippen LogP contribution in [0, 0.1) is 0 Å². The molecule has 0 saturated heterocycles. The summed E-state index contributed by atoms with van der Waals surface area (Å²) in [6.45, 7) is 5.36. The van der Waals surface area contributed by atoms with E-state index in [1.807, 2.05) is 37.4 Å². The summed E-state index contributed by atoms with van der Waals surface area (Å²) in [4.78, 5) is 28.6. The molecule has 1 unspecified atom stereocenters. The lowest BCUT2D eigenvalue weighted by Gasteiger charge is -2.21. The number of halogens is 1. The van der Waals surface area contributed by atoms with E-state index >= 15 is 0 Å². The van der Waals surface area contributed by atoms with Crippen molar-refractivity contribution in [2.45, 2.75) is 26.3 Å². The molecule has 2 heterocycles. The third-order valence-electron chi connectivity index (χ3n) is 4.19. The fourth-order valence-corrected chi connectivity index (χ4v) is 4.11. The molecule has 0 fully saturated rings. The third-order valence-corrected chi connectivity index (χ3v) is 5.43. The molecule has 3 rings (SSSR count). The molecule has 2 aromatic rings. The molecule has 1 aliphatic heterocycles. The Hall–Kier alpha value is -1.69. The van der Waals surface area contributed by atoms with Crippen molar-refractivity contribution < 1.29 is 14.5 Å². The van der Waals surface area contributed by atoms with Crippen molar-refractivity contribution in [1.82, 2.24) is 0 Å². The van der Waals surface area contributed by atoms with Gasteiger partial charge in [0.1, 0.15) is 6.54 Å². The van der Waals surface area contributed by atoms with Gasteiger partial charge in [0.15, 0.2) is 6.67 Å².